The lowest BCUT2D eigenvalue weighted by Crippen LogP contribution is -2.30. The van der Waals surface area contributed by atoms with Crippen LogP contribution in [0.2, 0.25) is 0 Å². The van der Waals surface area contributed by atoms with E-state index in [1.54, 1.807) is 6.07 Å². The Kier molecular flexibility index (Phi) is 6.05. The van der Waals surface area contributed by atoms with E-state index in [9.17, 15) is 4.79 Å². The van der Waals surface area contributed by atoms with Crippen LogP contribution in [0.25, 0.3) is 0 Å². The minimum Gasteiger partial charge on any atom is -0.397 e. The molecule has 4 heteroatoms. The Bertz CT molecular complexity index is 455. The molecule has 0 radical (unpaired) electrons. The van der Waals surface area contributed by atoms with Gasteiger partial charge >= 0.3 is 0 Å². The normalized spacial score (nSPS) is 16.1. The molecular formula is C17H27N3O. The summed E-state index contributed by atoms with van der Waals surface area (Å²) in [5.74, 6) is 0.847. The Morgan fingerprint density at radius 1 is 1.29 bits per heavy atom. The molecule has 0 atom stereocenters. The van der Waals surface area contributed by atoms with Crippen molar-refractivity contribution in [3.05, 3.63) is 24.3 Å². The second-order valence-electron chi connectivity index (χ2n) is 6.15. The molecule has 1 aliphatic carbocycles. The lowest BCUT2D eigenvalue weighted by Gasteiger charge is -2.26. The maximum absolute atomic E-state index is 12.0. The summed E-state index contributed by atoms with van der Waals surface area (Å²) in [7, 11) is 2.11. The van der Waals surface area contributed by atoms with Crippen LogP contribution in [-0.4, -0.2) is 30.9 Å². The van der Waals surface area contributed by atoms with E-state index < -0.39 is 0 Å². The highest BCUT2D eigenvalue weighted by molar-refractivity contribution is 5.93. The SMILES string of the molecule is CN(CCC(=O)Nc1ccccc1N)CC1CCCCC1. The number of anilines is 2. The van der Waals surface area contributed by atoms with Crippen molar-refractivity contribution in [2.24, 2.45) is 5.92 Å². The van der Waals surface area contributed by atoms with Gasteiger partial charge < -0.3 is 16.0 Å². The van der Waals surface area contributed by atoms with Gasteiger partial charge in [0.25, 0.3) is 0 Å². The largest absolute Gasteiger partial charge is 0.397 e. The highest BCUT2D eigenvalue weighted by Crippen LogP contribution is 2.24. The monoisotopic (exact) mass is 289 g/mol. The van der Waals surface area contributed by atoms with Crippen LogP contribution in [0.15, 0.2) is 24.3 Å². The van der Waals surface area contributed by atoms with Crippen molar-refractivity contribution in [1.82, 2.24) is 4.90 Å². The Hall–Kier alpha value is -1.55. The van der Waals surface area contributed by atoms with Crippen molar-refractivity contribution in [3.63, 3.8) is 0 Å². The molecule has 21 heavy (non-hydrogen) atoms. The fraction of sp³-hybridized carbons (Fsp3) is 0.588. The number of rotatable bonds is 6. The molecule has 1 aliphatic rings. The lowest BCUT2D eigenvalue weighted by atomic mass is 9.89. The van der Waals surface area contributed by atoms with Gasteiger partial charge in [0.15, 0.2) is 0 Å². The summed E-state index contributed by atoms with van der Waals surface area (Å²) < 4.78 is 0. The first kappa shape index (κ1) is 15.8. The molecule has 4 nitrogen and oxygen atoms in total. The number of carbonyl (C=O) groups is 1. The maximum Gasteiger partial charge on any atom is 0.225 e. The average molecular weight is 289 g/mol. The summed E-state index contributed by atoms with van der Waals surface area (Å²) in [4.78, 5) is 14.2. The van der Waals surface area contributed by atoms with Crippen molar-refractivity contribution < 1.29 is 4.79 Å². The van der Waals surface area contributed by atoms with E-state index >= 15 is 0 Å². The number of benzene rings is 1. The summed E-state index contributed by atoms with van der Waals surface area (Å²) >= 11 is 0. The van der Waals surface area contributed by atoms with E-state index in [2.05, 4.69) is 17.3 Å². The zero-order valence-corrected chi connectivity index (χ0v) is 13.0. The summed E-state index contributed by atoms with van der Waals surface area (Å²) in [6, 6.07) is 7.37. The van der Waals surface area contributed by atoms with Gasteiger partial charge in [-0.15, -0.1) is 0 Å². The maximum atomic E-state index is 12.0. The third kappa shape index (κ3) is 5.38. The Labute approximate surface area is 127 Å². The smallest absolute Gasteiger partial charge is 0.225 e. The zero-order valence-electron chi connectivity index (χ0n) is 13.0. The molecule has 0 spiro atoms. The molecule has 1 aromatic carbocycles. The molecule has 1 amide bonds. The average Bonchev–Trinajstić information content (AvgIpc) is 2.49. The highest BCUT2D eigenvalue weighted by Gasteiger charge is 2.15. The zero-order chi connectivity index (χ0) is 15.1. The second kappa shape index (κ2) is 8.03. The van der Waals surface area contributed by atoms with Gasteiger partial charge in [-0.2, -0.15) is 0 Å². The Morgan fingerprint density at radius 2 is 2.00 bits per heavy atom. The number of nitrogens with one attached hydrogen (secondary N) is 1. The van der Waals surface area contributed by atoms with Gasteiger partial charge in [-0.1, -0.05) is 31.4 Å². The molecule has 0 aliphatic heterocycles. The Balaban J connectivity index is 1.69. The topological polar surface area (TPSA) is 58.4 Å². The Morgan fingerprint density at radius 3 is 2.71 bits per heavy atom. The van der Waals surface area contributed by atoms with E-state index in [-0.39, 0.29) is 5.91 Å². The van der Waals surface area contributed by atoms with Crippen LogP contribution < -0.4 is 11.1 Å². The third-order valence-corrected chi connectivity index (χ3v) is 4.25. The van der Waals surface area contributed by atoms with Crippen molar-refractivity contribution in [2.75, 3.05) is 31.2 Å². The fourth-order valence-corrected chi connectivity index (χ4v) is 3.02. The molecule has 0 aromatic heterocycles. The predicted octanol–water partition coefficient (Wildman–Crippen LogP) is 3.11. The van der Waals surface area contributed by atoms with Gasteiger partial charge in [0.2, 0.25) is 5.91 Å². The molecular weight excluding hydrogens is 262 g/mol. The molecule has 3 N–H and O–H groups in total. The standard InChI is InChI=1S/C17H27N3O/c1-20(13-14-7-3-2-4-8-14)12-11-17(21)19-16-10-6-5-9-15(16)18/h5-6,9-10,14H,2-4,7-8,11-13,18H2,1H3,(H,19,21). The van der Waals surface area contributed by atoms with Crippen molar-refractivity contribution in [2.45, 2.75) is 38.5 Å². The predicted molar refractivity (Wildman–Crippen MR) is 88.2 cm³/mol. The highest BCUT2D eigenvalue weighted by atomic mass is 16.1. The van der Waals surface area contributed by atoms with Crippen LogP contribution in [-0.2, 0) is 4.79 Å². The number of nitrogens with two attached hydrogens (primary N) is 1. The van der Waals surface area contributed by atoms with E-state index in [1.807, 2.05) is 18.2 Å². The molecule has 0 saturated heterocycles. The molecule has 1 saturated carbocycles. The first-order valence-electron chi connectivity index (χ1n) is 7.98. The number of nitrogens with zero attached hydrogens (tertiary/aromatic N) is 1. The minimum atomic E-state index is 0.0309. The van der Waals surface area contributed by atoms with Crippen LogP contribution in [0.3, 0.4) is 0 Å². The molecule has 0 bridgehead atoms. The van der Waals surface area contributed by atoms with Crippen molar-refractivity contribution in [3.8, 4) is 0 Å². The quantitative estimate of drug-likeness (QED) is 0.791. The van der Waals surface area contributed by atoms with Crippen LogP contribution in [0.4, 0.5) is 11.4 Å². The molecule has 0 unspecified atom stereocenters. The lowest BCUT2D eigenvalue weighted by molar-refractivity contribution is -0.116. The first-order valence-corrected chi connectivity index (χ1v) is 7.98. The summed E-state index contributed by atoms with van der Waals surface area (Å²) in [6.45, 7) is 1.91. The third-order valence-electron chi connectivity index (χ3n) is 4.25. The molecule has 1 aromatic rings. The fourth-order valence-electron chi connectivity index (χ4n) is 3.02. The molecule has 0 heterocycles. The van der Waals surface area contributed by atoms with Crippen LogP contribution in [0.5, 0.6) is 0 Å². The molecule has 1 fully saturated rings. The number of nitrogen functional groups attached to an aromatic ring is 1. The van der Waals surface area contributed by atoms with Gasteiger partial charge in [0, 0.05) is 19.5 Å². The number of para-hydroxylation sites is 2. The molecule has 2 rings (SSSR count). The van der Waals surface area contributed by atoms with Gasteiger partial charge in [0.1, 0.15) is 0 Å². The van der Waals surface area contributed by atoms with E-state index in [0.29, 0.717) is 17.8 Å². The van der Waals surface area contributed by atoms with Crippen LogP contribution in [0.1, 0.15) is 38.5 Å². The van der Waals surface area contributed by atoms with E-state index in [4.69, 9.17) is 5.73 Å². The number of hydrogen-bond donors (Lipinski definition) is 2. The van der Waals surface area contributed by atoms with Crippen molar-refractivity contribution in [1.29, 1.82) is 0 Å². The number of carbonyl (C=O) groups excluding carboxylic acids is 1. The second-order valence-corrected chi connectivity index (χ2v) is 6.15. The minimum absolute atomic E-state index is 0.0309. The molecule has 116 valence electrons. The van der Waals surface area contributed by atoms with Crippen molar-refractivity contribution >= 4 is 17.3 Å². The van der Waals surface area contributed by atoms with Crippen LogP contribution >= 0.6 is 0 Å². The first-order chi connectivity index (χ1) is 10.1. The van der Waals surface area contributed by atoms with Gasteiger partial charge in [-0.05, 0) is 37.9 Å². The summed E-state index contributed by atoms with van der Waals surface area (Å²) in [5.41, 5.74) is 7.14. The number of amides is 1. The van der Waals surface area contributed by atoms with E-state index in [0.717, 1.165) is 19.0 Å². The summed E-state index contributed by atoms with van der Waals surface area (Å²) in [5, 5.41) is 2.88. The van der Waals surface area contributed by atoms with Crippen LogP contribution in [0, 0.1) is 5.92 Å². The summed E-state index contributed by atoms with van der Waals surface area (Å²) in [6.07, 6.45) is 7.32. The number of hydrogen-bond acceptors (Lipinski definition) is 3. The van der Waals surface area contributed by atoms with Gasteiger partial charge in [-0.3, -0.25) is 4.79 Å². The van der Waals surface area contributed by atoms with Gasteiger partial charge in [-0.25, -0.2) is 0 Å². The van der Waals surface area contributed by atoms with E-state index in [1.165, 1.54) is 32.1 Å². The van der Waals surface area contributed by atoms with Gasteiger partial charge in [0.05, 0.1) is 11.4 Å².